The Morgan fingerprint density at radius 1 is 0.806 bits per heavy atom. The lowest BCUT2D eigenvalue weighted by molar-refractivity contribution is -0.384. The Hall–Kier alpha value is -3.66. The molecule has 0 aliphatic heterocycles. The number of hydrogen-bond donors (Lipinski definition) is 0. The first-order valence-electron chi connectivity index (χ1n) is 10.8. The van der Waals surface area contributed by atoms with Crippen LogP contribution in [0.4, 0.5) is 5.69 Å². The van der Waals surface area contributed by atoms with Crippen LogP contribution in [0.3, 0.4) is 0 Å². The third kappa shape index (κ3) is 4.43. The molecule has 4 heteroatoms. The summed E-state index contributed by atoms with van der Waals surface area (Å²) in [5, 5.41) is 11.2. The number of aromatic nitrogens is 1. The molecule has 1 aromatic heterocycles. The van der Waals surface area contributed by atoms with Crippen LogP contribution in [0, 0.1) is 10.1 Å². The third-order valence-electron chi connectivity index (χ3n) is 5.59. The first kappa shape index (κ1) is 20.6. The summed E-state index contributed by atoms with van der Waals surface area (Å²) in [5.74, 6) is 0. The molecule has 4 aromatic rings. The van der Waals surface area contributed by atoms with E-state index >= 15 is 0 Å². The Kier molecular flexibility index (Phi) is 6.27. The predicted octanol–water partition coefficient (Wildman–Crippen LogP) is 7.45. The van der Waals surface area contributed by atoms with Crippen LogP contribution in [0.1, 0.15) is 31.9 Å². The molecule has 0 amide bonds. The van der Waals surface area contributed by atoms with Crippen LogP contribution in [0.15, 0.2) is 91.0 Å². The molecule has 156 valence electrons. The maximum absolute atomic E-state index is 11.2. The summed E-state index contributed by atoms with van der Waals surface area (Å²) in [5.41, 5.74) is 6.92. The topological polar surface area (TPSA) is 48.1 Å². The van der Waals surface area contributed by atoms with Gasteiger partial charge in [0.2, 0.25) is 0 Å². The van der Waals surface area contributed by atoms with Gasteiger partial charge in [0.1, 0.15) is 0 Å². The van der Waals surface area contributed by atoms with E-state index in [2.05, 4.69) is 54.0 Å². The lowest BCUT2D eigenvalue weighted by atomic mass is 10.0. The van der Waals surface area contributed by atoms with Crippen molar-refractivity contribution in [3.8, 4) is 28.1 Å². The van der Waals surface area contributed by atoms with Crippen molar-refractivity contribution in [3.05, 3.63) is 107 Å². The number of hydrogen-bond acceptors (Lipinski definition) is 2. The number of non-ortho nitro benzene ring substituents is 1. The first-order chi connectivity index (χ1) is 15.2. The van der Waals surface area contributed by atoms with Gasteiger partial charge < -0.3 is 4.57 Å². The largest absolute Gasteiger partial charge is 0.313 e. The average molecular weight is 411 g/mol. The van der Waals surface area contributed by atoms with Crippen molar-refractivity contribution in [1.82, 2.24) is 4.57 Å². The zero-order valence-corrected chi connectivity index (χ0v) is 17.7. The number of benzene rings is 3. The van der Waals surface area contributed by atoms with Crippen molar-refractivity contribution in [2.75, 3.05) is 0 Å². The molecule has 4 rings (SSSR count). The van der Waals surface area contributed by atoms with Gasteiger partial charge in [-0.3, -0.25) is 10.1 Å². The Morgan fingerprint density at radius 3 is 2.00 bits per heavy atom. The quantitative estimate of drug-likeness (QED) is 0.172. The summed E-state index contributed by atoms with van der Waals surface area (Å²) in [4.78, 5) is 10.8. The first-order valence-corrected chi connectivity index (χ1v) is 10.8. The smallest absolute Gasteiger partial charge is 0.269 e. The van der Waals surface area contributed by atoms with Crippen LogP contribution in [0.2, 0.25) is 0 Å². The summed E-state index contributed by atoms with van der Waals surface area (Å²) in [6.45, 7) is 2.21. The summed E-state index contributed by atoms with van der Waals surface area (Å²) >= 11 is 0. The zero-order valence-electron chi connectivity index (χ0n) is 17.7. The van der Waals surface area contributed by atoms with E-state index < -0.39 is 0 Å². The molecule has 0 saturated heterocycles. The molecule has 0 saturated carbocycles. The van der Waals surface area contributed by atoms with E-state index in [0.29, 0.717) is 0 Å². The molecule has 0 aliphatic carbocycles. The van der Waals surface area contributed by atoms with Gasteiger partial charge in [0.15, 0.2) is 0 Å². The molecule has 1 heterocycles. The average Bonchev–Trinajstić information content (AvgIpc) is 3.20. The third-order valence-corrected chi connectivity index (χ3v) is 5.59. The SMILES string of the molecule is CCCCCc1c(-c2ccccc2)cc(-c2ccccc2)n1-c1ccc([N+](=O)[O-])cc1. The van der Waals surface area contributed by atoms with E-state index in [1.54, 1.807) is 12.1 Å². The zero-order chi connectivity index (χ0) is 21.6. The standard InChI is InChI=1S/C27H26N2O2/c1-2-3-6-15-26-25(21-11-7-4-8-12-21)20-27(22-13-9-5-10-14-22)28(26)23-16-18-24(19-17-23)29(30)31/h4-5,7-14,16-20H,2-3,6,15H2,1H3. The van der Waals surface area contributed by atoms with Crippen LogP contribution in [-0.2, 0) is 6.42 Å². The second-order valence-corrected chi connectivity index (χ2v) is 7.69. The fraction of sp³-hybridized carbons (Fsp3) is 0.185. The maximum Gasteiger partial charge on any atom is 0.269 e. The summed E-state index contributed by atoms with van der Waals surface area (Å²) in [6, 6.07) is 29.9. The van der Waals surface area contributed by atoms with E-state index in [0.717, 1.165) is 36.2 Å². The second kappa shape index (κ2) is 9.43. The van der Waals surface area contributed by atoms with Crippen molar-refractivity contribution >= 4 is 5.69 Å². The highest BCUT2D eigenvalue weighted by molar-refractivity contribution is 5.77. The van der Waals surface area contributed by atoms with Crippen LogP contribution in [0.25, 0.3) is 28.1 Å². The van der Waals surface area contributed by atoms with Gasteiger partial charge in [-0.25, -0.2) is 0 Å². The monoisotopic (exact) mass is 410 g/mol. The van der Waals surface area contributed by atoms with Crippen molar-refractivity contribution in [3.63, 3.8) is 0 Å². The highest BCUT2D eigenvalue weighted by atomic mass is 16.6. The summed E-state index contributed by atoms with van der Waals surface area (Å²) in [6.07, 6.45) is 4.37. The molecular weight excluding hydrogens is 384 g/mol. The minimum atomic E-state index is -0.352. The highest BCUT2D eigenvalue weighted by Gasteiger charge is 2.19. The number of nitro benzene ring substituents is 1. The van der Waals surface area contributed by atoms with Gasteiger partial charge in [-0.15, -0.1) is 0 Å². The van der Waals surface area contributed by atoms with Crippen LogP contribution < -0.4 is 0 Å². The minimum absolute atomic E-state index is 0.105. The van der Waals surface area contributed by atoms with E-state index in [1.165, 1.54) is 23.2 Å². The lowest BCUT2D eigenvalue weighted by Crippen LogP contribution is -2.04. The van der Waals surface area contributed by atoms with E-state index in [9.17, 15) is 10.1 Å². The molecular formula is C27H26N2O2. The molecule has 4 nitrogen and oxygen atoms in total. The molecule has 0 bridgehead atoms. The molecule has 31 heavy (non-hydrogen) atoms. The lowest BCUT2D eigenvalue weighted by Gasteiger charge is -2.15. The second-order valence-electron chi connectivity index (χ2n) is 7.69. The van der Waals surface area contributed by atoms with Gasteiger partial charge in [-0.2, -0.15) is 0 Å². The van der Waals surface area contributed by atoms with Crippen molar-refractivity contribution in [2.24, 2.45) is 0 Å². The minimum Gasteiger partial charge on any atom is -0.313 e. The summed E-state index contributed by atoms with van der Waals surface area (Å²) in [7, 11) is 0. The van der Waals surface area contributed by atoms with Crippen molar-refractivity contribution < 1.29 is 4.92 Å². The maximum atomic E-state index is 11.2. The number of nitro groups is 1. The molecule has 0 unspecified atom stereocenters. The van der Waals surface area contributed by atoms with E-state index in [4.69, 9.17) is 0 Å². The van der Waals surface area contributed by atoms with Crippen LogP contribution in [0.5, 0.6) is 0 Å². The van der Waals surface area contributed by atoms with E-state index in [1.807, 2.05) is 36.4 Å². The number of nitrogens with zero attached hydrogens (tertiary/aromatic N) is 2. The number of rotatable bonds is 8. The van der Waals surface area contributed by atoms with Gasteiger partial charge >= 0.3 is 0 Å². The molecule has 0 atom stereocenters. The van der Waals surface area contributed by atoms with Gasteiger partial charge in [0.25, 0.3) is 5.69 Å². The van der Waals surface area contributed by atoms with Gasteiger partial charge in [0, 0.05) is 29.1 Å². The molecule has 3 aromatic carbocycles. The fourth-order valence-electron chi connectivity index (χ4n) is 4.05. The Bertz CT molecular complexity index is 1150. The van der Waals surface area contributed by atoms with Gasteiger partial charge in [0.05, 0.1) is 10.6 Å². The van der Waals surface area contributed by atoms with Crippen molar-refractivity contribution in [1.29, 1.82) is 0 Å². The van der Waals surface area contributed by atoms with Gasteiger partial charge in [-0.1, -0.05) is 80.4 Å². The highest BCUT2D eigenvalue weighted by Crippen LogP contribution is 2.36. The number of unbranched alkanes of at least 4 members (excludes halogenated alkanes) is 2. The molecule has 0 N–H and O–H groups in total. The molecule has 0 spiro atoms. The Labute approximate surface area is 182 Å². The van der Waals surface area contributed by atoms with Gasteiger partial charge in [-0.05, 0) is 42.2 Å². The molecule has 0 radical (unpaired) electrons. The molecule has 0 fully saturated rings. The Morgan fingerprint density at radius 2 is 1.42 bits per heavy atom. The molecule has 0 aliphatic rings. The predicted molar refractivity (Wildman–Crippen MR) is 127 cm³/mol. The van der Waals surface area contributed by atoms with Crippen molar-refractivity contribution in [2.45, 2.75) is 32.6 Å². The van der Waals surface area contributed by atoms with E-state index in [-0.39, 0.29) is 10.6 Å². The summed E-state index contributed by atoms with van der Waals surface area (Å²) < 4.78 is 2.27. The van der Waals surface area contributed by atoms with Crippen LogP contribution >= 0.6 is 0 Å². The van der Waals surface area contributed by atoms with Crippen LogP contribution in [-0.4, -0.2) is 9.49 Å². The Balaban J connectivity index is 1.94. The fourth-order valence-corrected chi connectivity index (χ4v) is 4.05. The normalized spacial score (nSPS) is 10.9.